The van der Waals surface area contributed by atoms with Crippen LogP contribution in [0.15, 0.2) is 16.7 Å². The number of rotatable bonds is 8. The molecule has 2 heterocycles. The van der Waals surface area contributed by atoms with Gasteiger partial charge < -0.3 is 13.9 Å². The van der Waals surface area contributed by atoms with E-state index in [1.54, 1.807) is 14.2 Å². The van der Waals surface area contributed by atoms with Gasteiger partial charge in [0.25, 0.3) is 5.89 Å². The van der Waals surface area contributed by atoms with Crippen molar-refractivity contribution in [1.29, 1.82) is 0 Å². The van der Waals surface area contributed by atoms with Gasteiger partial charge in [-0.2, -0.15) is 0 Å². The van der Waals surface area contributed by atoms with Crippen LogP contribution in [0.5, 0.6) is 5.75 Å². The van der Waals surface area contributed by atoms with Gasteiger partial charge in [0.05, 0.1) is 7.11 Å². The van der Waals surface area contributed by atoms with Gasteiger partial charge in [-0.3, -0.25) is 4.98 Å². The van der Waals surface area contributed by atoms with Crippen LogP contribution in [0.1, 0.15) is 56.9 Å². The molecule has 2 aromatic heterocycles. The van der Waals surface area contributed by atoms with Crippen molar-refractivity contribution in [3.8, 4) is 17.3 Å². The topological polar surface area (TPSA) is 70.3 Å². The lowest BCUT2D eigenvalue weighted by Crippen LogP contribution is -2.02. The second kappa shape index (κ2) is 8.06. The van der Waals surface area contributed by atoms with Crippen molar-refractivity contribution in [1.82, 2.24) is 15.2 Å². The van der Waals surface area contributed by atoms with Crippen molar-refractivity contribution in [2.24, 2.45) is 0 Å². The highest BCUT2D eigenvalue weighted by atomic mass is 16.5. The standard InChI is InChI=1S/C17H25N3O3/c1-6-12(7-8-21-4)16-19-20-17(23-16)14-9-15(22-5)13(10-18-14)11(2)3/h9-12H,6-8H2,1-5H3. The fourth-order valence-electron chi connectivity index (χ4n) is 2.44. The summed E-state index contributed by atoms with van der Waals surface area (Å²) in [6, 6.07) is 1.85. The summed E-state index contributed by atoms with van der Waals surface area (Å²) in [4.78, 5) is 4.44. The first-order chi connectivity index (χ1) is 11.1. The van der Waals surface area contributed by atoms with Crippen LogP contribution in [0.3, 0.4) is 0 Å². The molecule has 0 radical (unpaired) electrons. The first-order valence-corrected chi connectivity index (χ1v) is 7.97. The number of aromatic nitrogens is 3. The molecule has 6 heteroatoms. The van der Waals surface area contributed by atoms with Crippen molar-refractivity contribution in [2.75, 3.05) is 20.8 Å². The maximum absolute atomic E-state index is 5.82. The summed E-state index contributed by atoms with van der Waals surface area (Å²) < 4.78 is 16.4. The van der Waals surface area contributed by atoms with Crippen LogP contribution in [0.4, 0.5) is 0 Å². The molecule has 0 aromatic carbocycles. The molecule has 1 unspecified atom stereocenters. The van der Waals surface area contributed by atoms with Gasteiger partial charge in [0.2, 0.25) is 5.89 Å². The third kappa shape index (κ3) is 4.07. The average Bonchev–Trinajstić information content (AvgIpc) is 3.04. The van der Waals surface area contributed by atoms with Gasteiger partial charge in [-0.1, -0.05) is 20.8 Å². The smallest absolute Gasteiger partial charge is 0.266 e. The monoisotopic (exact) mass is 319 g/mol. The predicted octanol–water partition coefficient (Wildman–Crippen LogP) is 3.79. The molecule has 0 spiro atoms. The maximum atomic E-state index is 5.82. The van der Waals surface area contributed by atoms with Crippen molar-refractivity contribution in [3.05, 3.63) is 23.7 Å². The number of hydrogen-bond acceptors (Lipinski definition) is 6. The molecule has 2 rings (SSSR count). The third-order valence-corrected chi connectivity index (χ3v) is 3.91. The highest BCUT2D eigenvalue weighted by Crippen LogP contribution is 2.30. The van der Waals surface area contributed by atoms with Crippen molar-refractivity contribution >= 4 is 0 Å². The van der Waals surface area contributed by atoms with E-state index in [0.717, 1.165) is 24.2 Å². The molecule has 23 heavy (non-hydrogen) atoms. The third-order valence-electron chi connectivity index (χ3n) is 3.91. The van der Waals surface area contributed by atoms with Gasteiger partial charge in [0, 0.05) is 37.5 Å². The fraction of sp³-hybridized carbons (Fsp3) is 0.588. The van der Waals surface area contributed by atoms with E-state index < -0.39 is 0 Å². The Kier molecular flexibility index (Phi) is 6.10. The number of hydrogen-bond donors (Lipinski definition) is 0. The average molecular weight is 319 g/mol. The van der Waals surface area contributed by atoms with E-state index in [0.29, 0.717) is 30.0 Å². The SMILES string of the molecule is CCC(CCOC)c1nnc(-c2cc(OC)c(C(C)C)cn2)o1. The van der Waals surface area contributed by atoms with Crippen LogP contribution >= 0.6 is 0 Å². The summed E-state index contributed by atoms with van der Waals surface area (Å²) in [5.74, 6) is 2.38. The fourth-order valence-corrected chi connectivity index (χ4v) is 2.44. The molecule has 0 bridgehead atoms. The molecule has 0 aliphatic heterocycles. The van der Waals surface area contributed by atoms with E-state index in [9.17, 15) is 0 Å². The van der Waals surface area contributed by atoms with Gasteiger partial charge in [-0.15, -0.1) is 10.2 Å². The van der Waals surface area contributed by atoms with Gasteiger partial charge in [-0.05, 0) is 18.8 Å². The van der Waals surface area contributed by atoms with Crippen molar-refractivity contribution < 1.29 is 13.9 Å². The van der Waals surface area contributed by atoms with E-state index in [1.807, 2.05) is 12.3 Å². The van der Waals surface area contributed by atoms with Crippen LogP contribution in [0.25, 0.3) is 11.6 Å². The number of ether oxygens (including phenoxy) is 2. The van der Waals surface area contributed by atoms with Crippen molar-refractivity contribution in [2.45, 2.75) is 45.4 Å². The highest BCUT2D eigenvalue weighted by molar-refractivity contribution is 5.52. The summed E-state index contributed by atoms with van der Waals surface area (Å²) in [6.07, 6.45) is 3.59. The zero-order valence-corrected chi connectivity index (χ0v) is 14.5. The quantitative estimate of drug-likeness (QED) is 0.737. The molecule has 0 aliphatic rings. The lowest BCUT2D eigenvalue weighted by molar-refractivity contribution is 0.182. The molecule has 2 aromatic rings. The second-order valence-corrected chi connectivity index (χ2v) is 5.80. The van der Waals surface area contributed by atoms with E-state index >= 15 is 0 Å². The van der Waals surface area contributed by atoms with E-state index in [2.05, 4.69) is 36.0 Å². The predicted molar refractivity (Wildman–Crippen MR) is 87.7 cm³/mol. The summed E-state index contributed by atoms with van der Waals surface area (Å²) in [7, 11) is 3.35. The minimum Gasteiger partial charge on any atom is -0.496 e. The molecule has 0 N–H and O–H groups in total. The molecular weight excluding hydrogens is 294 g/mol. The van der Waals surface area contributed by atoms with Crippen LogP contribution in [-0.2, 0) is 4.74 Å². The summed E-state index contributed by atoms with van der Waals surface area (Å²) >= 11 is 0. The van der Waals surface area contributed by atoms with Gasteiger partial charge in [-0.25, -0.2) is 0 Å². The molecule has 1 atom stereocenters. The van der Waals surface area contributed by atoms with E-state index in [1.165, 1.54) is 0 Å². The largest absolute Gasteiger partial charge is 0.496 e. The minimum absolute atomic E-state index is 0.202. The summed E-state index contributed by atoms with van der Waals surface area (Å²) in [5, 5.41) is 8.31. The molecule has 126 valence electrons. The summed E-state index contributed by atoms with van der Waals surface area (Å²) in [5.41, 5.74) is 1.69. The molecule has 6 nitrogen and oxygen atoms in total. The molecule has 0 saturated heterocycles. The Labute approximate surface area is 137 Å². The molecule has 0 aliphatic carbocycles. The summed E-state index contributed by atoms with van der Waals surface area (Å²) in [6.45, 7) is 6.98. The molecular formula is C17H25N3O3. The number of nitrogens with zero attached hydrogens (tertiary/aromatic N) is 3. The Hall–Kier alpha value is -1.95. The maximum Gasteiger partial charge on any atom is 0.266 e. The van der Waals surface area contributed by atoms with E-state index in [4.69, 9.17) is 13.9 Å². The Balaban J connectivity index is 2.26. The normalized spacial score (nSPS) is 12.6. The zero-order chi connectivity index (χ0) is 16.8. The Morgan fingerprint density at radius 1 is 1.22 bits per heavy atom. The number of pyridine rings is 1. The molecule has 0 amide bonds. The van der Waals surface area contributed by atoms with Crippen molar-refractivity contribution in [3.63, 3.8) is 0 Å². The molecule has 0 fully saturated rings. The van der Waals surface area contributed by atoms with Crippen LogP contribution in [0.2, 0.25) is 0 Å². The minimum atomic E-state index is 0.202. The first-order valence-electron chi connectivity index (χ1n) is 7.97. The lowest BCUT2D eigenvalue weighted by Gasteiger charge is -2.11. The van der Waals surface area contributed by atoms with Gasteiger partial charge in [0.1, 0.15) is 11.4 Å². The number of methoxy groups -OCH3 is 2. The lowest BCUT2D eigenvalue weighted by atomic mass is 10.0. The van der Waals surface area contributed by atoms with Crippen LogP contribution < -0.4 is 4.74 Å². The zero-order valence-electron chi connectivity index (χ0n) is 14.5. The van der Waals surface area contributed by atoms with Gasteiger partial charge in [0.15, 0.2) is 0 Å². The van der Waals surface area contributed by atoms with Crippen LogP contribution in [-0.4, -0.2) is 36.0 Å². The Morgan fingerprint density at radius 2 is 2.00 bits per heavy atom. The highest BCUT2D eigenvalue weighted by Gasteiger charge is 2.19. The first kappa shape index (κ1) is 17.4. The second-order valence-electron chi connectivity index (χ2n) is 5.80. The van der Waals surface area contributed by atoms with Crippen LogP contribution in [0, 0.1) is 0 Å². The van der Waals surface area contributed by atoms with Gasteiger partial charge >= 0.3 is 0 Å². The Morgan fingerprint density at radius 3 is 2.61 bits per heavy atom. The molecule has 0 saturated carbocycles. The Bertz CT molecular complexity index is 625. The van der Waals surface area contributed by atoms with E-state index in [-0.39, 0.29) is 5.92 Å².